The van der Waals surface area contributed by atoms with Crippen molar-refractivity contribution in [3.8, 4) is 0 Å². The van der Waals surface area contributed by atoms with Crippen molar-refractivity contribution in [1.82, 2.24) is 9.97 Å². The first-order valence-corrected chi connectivity index (χ1v) is 5.69. The van der Waals surface area contributed by atoms with Gasteiger partial charge in [0, 0.05) is 12.4 Å². The number of rotatable bonds is 2. The molecule has 0 aliphatic rings. The van der Waals surface area contributed by atoms with E-state index < -0.39 is 11.9 Å². The van der Waals surface area contributed by atoms with E-state index in [0.717, 1.165) is 0 Å². The molecule has 23 heavy (non-hydrogen) atoms. The van der Waals surface area contributed by atoms with Crippen LogP contribution in [0, 0.1) is 0 Å². The number of carbonyl (C=O) groups is 2. The van der Waals surface area contributed by atoms with Crippen molar-refractivity contribution in [1.29, 1.82) is 0 Å². The molecule has 0 atom stereocenters. The molecule has 0 radical (unpaired) electrons. The molecule has 0 fully saturated rings. The third kappa shape index (κ3) is 14.5. The first-order valence-electron chi connectivity index (χ1n) is 5.29. The number of carboxylic acid groups (broad SMARTS) is 2. The maximum Gasteiger partial charge on any atom is 2.00 e. The van der Waals surface area contributed by atoms with E-state index in [0.29, 0.717) is 0 Å². The number of aromatic nitrogens is 2. The van der Waals surface area contributed by atoms with Crippen molar-refractivity contribution in [2.24, 2.45) is 0 Å². The van der Waals surface area contributed by atoms with Crippen molar-refractivity contribution in [3.05, 3.63) is 65.6 Å². The number of isothiocyanates is 1. The summed E-state index contributed by atoms with van der Waals surface area (Å²) in [7, 11) is 0. The van der Waals surface area contributed by atoms with Crippen molar-refractivity contribution in [2.75, 3.05) is 0 Å². The largest absolute Gasteiger partial charge is 2.00 e. The second-order valence-corrected chi connectivity index (χ2v) is 3.28. The molecule has 2 heterocycles. The van der Waals surface area contributed by atoms with Crippen LogP contribution in [0.4, 0.5) is 0 Å². The quantitative estimate of drug-likeness (QED) is 0.291. The fraction of sp³-hybridized carbons (Fsp3) is 0. The number of aromatic carboxylic acids is 2. The number of thiocarbonyl (C=S) groups is 1. The minimum absolute atomic E-state index is 0. The minimum Gasteiger partial charge on any atom is -0.753 e. The van der Waals surface area contributed by atoms with Gasteiger partial charge in [-0.15, -0.1) is 0 Å². The standard InChI is InChI=1S/2C6H5NO2.CNS.K.Ni/c2*8-6(9)5-3-1-2-4-7-5;2-1-3;;/h2*1-4H,(H,8,9);;;/q;;-1;+1;+2/p-2. The van der Waals surface area contributed by atoms with E-state index in [2.05, 4.69) is 22.2 Å². The van der Waals surface area contributed by atoms with E-state index in [-0.39, 0.29) is 79.3 Å². The van der Waals surface area contributed by atoms with Crippen LogP contribution < -0.4 is 61.6 Å². The summed E-state index contributed by atoms with van der Waals surface area (Å²) in [5.41, 5.74) is -0.0602. The zero-order chi connectivity index (χ0) is 16.1. The van der Waals surface area contributed by atoms with Gasteiger partial charge in [0.1, 0.15) is 0 Å². The Labute approximate surface area is 190 Å². The Hall–Kier alpha value is -0.830. The summed E-state index contributed by atoms with van der Waals surface area (Å²) in [5, 5.41) is 28.5. The van der Waals surface area contributed by atoms with Crippen molar-refractivity contribution in [3.63, 3.8) is 0 Å². The van der Waals surface area contributed by atoms with E-state index in [1.165, 1.54) is 29.7 Å². The molecule has 0 saturated carbocycles. The van der Waals surface area contributed by atoms with Gasteiger partial charge in [-0.1, -0.05) is 24.4 Å². The van der Waals surface area contributed by atoms with Gasteiger partial charge in [-0.3, -0.25) is 9.97 Å². The van der Waals surface area contributed by atoms with Gasteiger partial charge in [-0.25, -0.2) is 0 Å². The van der Waals surface area contributed by atoms with Crippen molar-refractivity contribution >= 4 is 29.3 Å². The molecule has 2 aromatic rings. The predicted molar refractivity (Wildman–Crippen MR) is 73.1 cm³/mol. The van der Waals surface area contributed by atoms with Crippen LogP contribution in [0.3, 0.4) is 0 Å². The third-order valence-electron chi connectivity index (χ3n) is 1.75. The average molecular weight is 400 g/mol. The Bertz CT molecular complexity index is 562. The van der Waals surface area contributed by atoms with Crippen molar-refractivity contribution in [2.45, 2.75) is 0 Å². The molecule has 0 saturated heterocycles. The third-order valence-corrected chi connectivity index (χ3v) is 1.75. The van der Waals surface area contributed by atoms with Crippen LogP contribution in [-0.4, -0.2) is 27.1 Å². The molecule has 0 aliphatic heterocycles. The van der Waals surface area contributed by atoms with Gasteiger partial charge in [0.2, 0.25) is 0 Å². The fourth-order valence-electron chi connectivity index (χ4n) is 0.967. The van der Waals surface area contributed by atoms with Gasteiger partial charge in [0.05, 0.1) is 23.3 Å². The normalized spacial score (nSPS) is 7.30. The van der Waals surface area contributed by atoms with Gasteiger partial charge in [-0.05, 0) is 24.3 Å². The molecule has 0 aromatic carbocycles. The number of hydrogen-bond donors (Lipinski definition) is 0. The van der Waals surface area contributed by atoms with Crippen LogP contribution >= 0.6 is 12.2 Å². The van der Waals surface area contributed by atoms with E-state index in [1.54, 1.807) is 24.3 Å². The van der Waals surface area contributed by atoms with Crippen LogP contribution in [0.25, 0.3) is 5.41 Å². The van der Waals surface area contributed by atoms with E-state index in [9.17, 15) is 19.8 Å². The molecule has 0 bridgehead atoms. The second-order valence-electron chi connectivity index (χ2n) is 3.10. The van der Waals surface area contributed by atoms with Gasteiger partial charge in [0.15, 0.2) is 0 Å². The Morgan fingerprint density at radius 2 is 1.26 bits per heavy atom. The molecule has 0 unspecified atom stereocenters. The topological polar surface area (TPSA) is 128 Å². The molecule has 0 N–H and O–H groups in total. The summed E-state index contributed by atoms with van der Waals surface area (Å²) in [6.45, 7) is 0. The molecular formula is C13H8KN3NiO4S. The van der Waals surface area contributed by atoms with Crippen LogP contribution in [0.1, 0.15) is 21.0 Å². The summed E-state index contributed by atoms with van der Waals surface area (Å²) in [6.07, 6.45) is 2.82. The van der Waals surface area contributed by atoms with Crippen LogP contribution in [0.5, 0.6) is 0 Å². The van der Waals surface area contributed by atoms with Crippen molar-refractivity contribution < 1.29 is 87.7 Å². The van der Waals surface area contributed by atoms with E-state index in [1.807, 2.05) is 0 Å². The minimum atomic E-state index is -1.24. The summed E-state index contributed by atoms with van der Waals surface area (Å²) in [4.78, 5) is 27.1. The van der Waals surface area contributed by atoms with E-state index in [4.69, 9.17) is 5.41 Å². The average Bonchev–Trinajstić information content (AvgIpc) is 2.50. The number of carboxylic acids is 2. The first-order chi connectivity index (χ1) is 10.0. The Kier molecular flexibility index (Phi) is 20.6. The molecule has 7 nitrogen and oxygen atoms in total. The zero-order valence-corrected chi connectivity index (χ0v) is 16.7. The van der Waals surface area contributed by atoms with Gasteiger partial charge < -0.3 is 25.2 Å². The number of carbonyl (C=O) groups excluding carboxylic acids is 2. The number of hydrogen-bond acceptors (Lipinski definition) is 7. The van der Waals surface area contributed by atoms with E-state index >= 15 is 0 Å². The Balaban J connectivity index is -0.000000277. The summed E-state index contributed by atoms with van der Waals surface area (Å²) in [5.74, 6) is -2.48. The SMILES string of the molecule is O=C([O-])c1ccccn1.O=C([O-])c1ccccn1.[K+].[N-]=C=S.[Ni+2]. The Morgan fingerprint density at radius 1 is 0.957 bits per heavy atom. The number of nitrogens with zero attached hydrogens (tertiary/aromatic N) is 3. The maximum atomic E-state index is 10.0. The van der Waals surface area contributed by atoms with Crippen LogP contribution in [-0.2, 0) is 16.5 Å². The van der Waals surface area contributed by atoms with Crippen LogP contribution in [0.2, 0.25) is 0 Å². The van der Waals surface area contributed by atoms with Gasteiger partial charge >= 0.3 is 67.9 Å². The fourth-order valence-corrected chi connectivity index (χ4v) is 0.967. The predicted octanol–water partition coefficient (Wildman–Crippen LogP) is -3.45. The smallest absolute Gasteiger partial charge is 0.753 e. The molecule has 2 rings (SSSR count). The molecular weight excluding hydrogens is 392 g/mol. The Morgan fingerprint density at radius 3 is 1.39 bits per heavy atom. The monoisotopic (exact) mass is 399 g/mol. The molecule has 10 heteroatoms. The van der Waals surface area contributed by atoms with Crippen LogP contribution in [0.15, 0.2) is 48.8 Å². The molecule has 116 valence electrons. The summed E-state index contributed by atoms with van der Waals surface area (Å²) < 4.78 is 0. The first kappa shape index (κ1) is 27.0. The summed E-state index contributed by atoms with van der Waals surface area (Å²) >= 11 is 3.70. The zero-order valence-electron chi connectivity index (χ0n) is 11.8. The molecule has 0 amide bonds. The van der Waals surface area contributed by atoms with Gasteiger partial charge in [0.25, 0.3) is 0 Å². The number of pyridine rings is 2. The summed E-state index contributed by atoms with van der Waals surface area (Å²) in [6, 6.07) is 9.25. The maximum absolute atomic E-state index is 10.0. The molecule has 2 aromatic heterocycles. The second kappa shape index (κ2) is 17.5. The van der Waals surface area contributed by atoms with Gasteiger partial charge in [-0.2, -0.15) is 5.16 Å². The molecule has 0 aliphatic carbocycles. The molecule has 0 spiro atoms.